The molecule has 0 spiro atoms. The second-order valence-electron chi connectivity index (χ2n) is 6.65. The molecule has 30 heavy (non-hydrogen) atoms. The number of methoxy groups -OCH3 is 1. The number of pyridine rings is 1. The summed E-state index contributed by atoms with van der Waals surface area (Å²) >= 11 is 0. The molecule has 1 aromatic carbocycles. The van der Waals surface area contributed by atoms with E-state index in [2.05, 4.69) is 10.6 Å². The first-order valence-electron chi connectivity index (χ1n) is 8.89. The van der Waals surface area contributed by atoms with Crippen molar-refractivity contribution in [3.05, 3.63) is 52.4 Å². The SMILES string of the molecule is COc1ccc(C)cc1NC(=O)CNC(=O)Cn1cc(S(=O)(=O)N(C)C)ccc1=O. The number of sulfonamides is 1. The van der Waals surface area contributed by atoms with Crippen molar-refractivity contribution in [2.75, 3.05) is 33.1 Å². The van der Waals surface area contributed by atoms with Crippen LogP contribution in [0, 0.1) is 6.92 Å². The van der Waals surface area contributed by atoms with Crippen molar-refractivity contribution in [2.45, 2.75) is 18.4 Å². The minimum absolute atomic E-state index is 0.121. The molecule has 2 amide bonds. The van der Waals surface area contributed by atoms with Crippen molar-refractivity contribution in [1.29, 1.82) is 0 Å². The Morgan fingerprint density at radius 2 is 1.83 bits per heavy atom. The Morgan fingerprint density at radius 1 is 1.13 bits per heavy atom. The van der Waals surface area contributed by atoms with E-state index >= 15 is 0 Å². The Kier molecular flexibility index (Phi) is 7.35. The molecule has 1 aromatic heterocycles. The summed E-state index contributed by atoms with van der Waals surface area (Å²) in [7, 11) is 0.441. The van der Waals surface area contributed by atoms with Gasteiger partial charge in [-0.15, -0.1) is 0 Å². The molecule has 10 nitrogen and oxygen atoms in total. The lowest BCUT2D eigenvalue weighted by atomic mass is 10.2. The minimum Gasteiger partial charge on any atom is -0.495 e. The summed E-state index contributed by atoms with van der Waals surface area (Å²) in [6, 6.07) is 7.52. The first-order valence-corrected chi connectivity index (χ1v) is 10.3. The van der Waals surface area contributed by atoms with Crippen LogP contribution in [0.15, 0.2) is 46.2 Å². The number of aryl methyl sites for hydroxylation is 1. The fourth-order valence-corrected chi connectivity index (χ4v) is 3.42. The zero-order valence-electron chi connectivity index (χ0n) is 17.1. The van der Waals surface area contributed by atoms with E-state index < -0.39 is 33.9 Å². The highest BCUT2D eigenvalue weighted by Gasteiger charge is 2.19. The van der Waals surface area contributed by atoms with Gasteiger partial charge in [0.1, 0.15) is 12.3 Å². The molecule has 0 saturated carbocycles. The fraction of sp³-hybridized carbons (Fsp3) is 0.316. The minimum atomic E-state index is -3.76. The van der Waals surface area contributed by atoms with Crippen molar-refractivity contribution in [3.8, 4) is 5.75 Å². The maximum Gasteiger partial charge on any atom is 0.251 e. The number of nitrogens with one attached hydrogen (secondary N) is 2. The number of hydrogen-bond acceptors (Lipinski definition) is 6. The molecule has 2 rings (SSSR count). The van der Waals surface area contributed by atoms with Gasteiger partial charge < -0.3 is 19.9 Å². The van der Waals surface area contributed by atoms with Crippen LogP contribution in [0.5, 0.6) is 5.75 Å². The van der Waals surface area contributed by atoms with Crippen molar-refractivity contribution < 1.29 is 22.7 Å². The molecular weight excluding hydrogens is 412 g/mol. The molecular formula is C19H24N4O6S. The Labute approximate surface area is 174 Å². The van der Waals surface area contributed by atoms with E-state index in [-0.39, 0.29) is 11.4 Å². The quantitative estimate of drug-likeness (QED) is 0.607. The molecule has 162 valence electrons. The van der Waals surface area contributed by atoms with Crippen LogP contribution in [0.4, 0.5) is 5.69 Å². The van der Waals surface area contributed by atoms with Crippen molar-refractivity contribution in [2.24, 2.45) is 0 Å². The third-order valence-corrected chi connectivity index (χ3v) is 5.92. The lowest BCUT2D eigenvalue weighted by Gasteiger charge is -2.13. The molecule has 0 aliphatic carbocycles. The second kappa shape index (κ2) is 9.55. The number of nitrogens with zero attached hydrogens (tertiary/aromatic N) is 2. The zero-order valence-corrected chi connectivity index (χ0v) is 17.9. The number of anilines is 1. The van der Waals surface area contributed by atoms with Crippen LogP contribution < -0.4 is 20.9 Å². The van der Waals surface area contributed by atoms with E-state index in [1.54, 1.807) is 12.1 Å². The Balaban J connectivity index is 2.02. The molecule has 0 aliphatic rings. The monoisotopic (exact) mass is 436 g/mol. The van der Waals surface area contributed by atoms with Crippen LogP contribution >= 0.6 is 0 Å². The maximum absolute atomic E-state index is 12.2. The summed E-state index contributed by atoms with van der Waals surface area (Å²) in [5, 5.41) is 5.04. The van der Waals surface area contributed by atoms with Gasteiger partial charge in [-0.2, -0.15) is 0 Å². The third-order valence-electron chi connectivity index (χ3n) is 4.12. The Morgan fingerprint density at radius 3 is 2.47 bits per heavy atom. The predicted octanol–water partition coefficient (Wildman–Crippen LogP) is 0.171. The van der Waals surface area contributed by atoms with Crippen LogP contribution in [-0.2, 0) is 26.2 Å². The normalized spacial score (nSPS) is 11.2. The number of ether oxygens (including phenoxy) is 1. The van der Waals surface area contributed by atoms with Gasteiger partial charge in [0.05, 0.1) is 24.2 Å². The molecule has 0 aliphatic heterocycles. The maximum atomic E-state index is 12.2. The Bertz CT molecular complexity index is 1110. The van der Waals surface area contributed by atoms with Gasteiger partial charge in [-0.3, -0.25) is 14.4 Å². The number of carbonyl (C=O) groups is 2. The molecule has 1 heterocycles. The summed E-state index contributed by atoms with van der Waals surface area (Å²) in [4.78, 5) is 36.1. The molecule has 0 unspecified atom stereocenters. The summed E-state index contributed by atoms with van der Waals surface area (Å²) < 4.78 is 31.5. The molecule has 0 saturated heterocycles. The molecule has 0 bridgehead atoms. The Hall–Kier alpha value is -3.18. The van der Waals surface area contributed by atoms with Gasteiger partial charge >= 0.3 is 0 Å². The van der Waals surface area contributed by atoms with Crippen molar-refractivity contribution in [3.63, 3.8) is 0 Å². The van der Waals surface area contributed by atoms with E-state index in [9.17, 15) is 22.8 Å². The fourth-order valence-electron chi connectivity index (χ4n) is 2.50. The van der Waals surface area contributed by atoms with E-state index in [4.69, 9.17) is 4.74 Å². The van der Waals surface area contributed by atoms with Gasteiger partial charge in [-0.05, 0) is 30.7 Å². The number of aromatic nitrogens is 1. The van der Waals surface area contributed by atoms with Gasteiger partial charge in [0.15, 0.2) is 0 Å². The highest BCUT2D eigenvalue weighted by Crippen LogP contribution is 2.24. The topological polar surface area (TPSA) is 127 Å². The molecule has 11 heteroatoms. The lowest BCUT2D eigenvalue weighted by molar-refractivity contribution is -0.124. The second-order valence-corrected chi connectivity index (χ2v) is 8.80. The standard InChI is InChI=1S/C19H24N4O6S/c1-13-5-7-16(29-4)15(9-13)21-17(24)10-20-18(25)12-23-11-14(6-8-19(23)26)30(27,28)22(2)3/h5-9,11H,10,12H2,1-4H3,(H,20,25)(H,21,24). The van der Waals surface area contributed by atoms with Crippen molar-refractivity contribution >= 4 is 27.5 Å². The van der Waals surface area contributed by atoms with Gasteiger partial charge in [-0.25, -0.2) is 12.7 Å². The molecule has 2 N–H and O–H groups in total. The third kappa shape index (κ3) is 5.67. The average molecular weight is 436 g/mol. The summed E-state index contributed by atoms with van der Waals surface area (Å²) in [5.74, 6) is -0.628. The summed E-state index contributed by atoms with van der Waals surface area (Å²) in [5.41, 5.74) is 0.841. The number of rotatable bonds is 8. The summed E-state index contributed by atoms with van der Waals surface area (Å²) in [6.45, 7) is 1.09. The van der Waals surface area contributed by atoms with Crippen molar-refractivity contribution in [1.82, 2.24) is 14.2 Å². The number of hydrogen-bond donors (Lipinski definition) is 2. The highest BCUT2D eigenvalue weighted by atomic mass is 32.2. The van der Waals surface area contributed by atoms with E-state index in [1.165, 1.54) is 27.3 Å². The van der Waals surface area contributed by atoms with E-state index in [0.717, 1.165) is 26.7 Å². The lowest BCUT2D eigenvalue weighted by Crippen LogP contribution is -2.37. The van der Waals surface area contributed by atoms with Gasteiger partial charge in [0.2, 0.25) is 21.8 Å². The van der Waals surface area contributed by atoms with Crippen LogP contribution in [0.2, 0.25) is 0 Å². The van der Waals surface area contributed by atoms with Crippen LogP contribution in [0.25, 0.3) is 0 Å². The zero-order chi connectivity index (χ0) is 22.5. The first-order chi connectivity index (χ1) is 14.0. The smallest absolute Gasteiger partial charge is 0.251 e. The first kappa shape index (κ1) is 23.1. The van der Waals surface area contributed by atoms with Crippen LogP contribution in [-0.4, -0.2) is 56.9 Å². The van der Waals surface area contributed by atoms with E-state index in [1.807, 2.05) is 13.0 Å². The molecule has 0 atom stereocenters. The van der Waals surface area contributed by atoms with Gasteiger partial charge in [-0.1, -0.05) is 6.07 Å². The number of carbonyl (C=O) groups excluding carboxylic acids is 2. The van der Waals surface area contributed by atoms with Crippen LogP contribution in [0.3, 0.4) is 0 Å². The average Bonchev–Trinajstić information content (AvgIpc) is 2.68. The largest absolute Gasteiger partial charge is 0.495 e. The van der Waals surface area contributed by atoms with Gasteiger partial charge in [0.25, 0.3) is 5.56 Å². The number of benzene rings is 1. The van der Waals surface area contributed by atoms with Gasteiger partial charge in [0, 0.05) is 26.4 Å². The molecule has 0 radical (unpaired) electrons. The molecule has 2 aromatic rings. The van der Waals surface area contributed by atoms with E-state index in [0.29, 0.717) is 11.4 Å². The summed E-state index contributed by atoms with van der Waals surface area (Å²) in [6.07, 6.45) is 1.09. The van der Waals surface area contributed by atoms with Crippen LogP contribution in [0.1, 0.15) is 5.56 Å². The number of amides is 2. The highest BCUT2D eigenvalue weighted by molar-refractivity contribution is 7.89. The predicted molar refractivity (Wildman–Crippen MR) is 111 cm³/mol. The molecule has 0 fully saturated rings.